The van der Waals surface area contributed by atoms with Gasteiger partial charge in [-0.2, -0.15) is 0 Å². The largest absolute Gasteiger partial charge is 0.399 e. The number of nitrogens with zero attached hydrogens (tertiary/aromatic N) is 2. The molecule has 0 unspecified atom stereocenters. The predicted molar refractivity (Wildman–Crippen MR) is 83.7 cm³/mol. The molecule has 0 spiro atoms. The second kappa shape index (κ2) is 5.91. The van der Waals surface area contributed by atoms with Crippen LogP contribution in [0.3, 0.4) is 0 Å². The van der Waals surface area contributed by atoms with Gasteiger partial charge in [0.1, 0.15) is 0 Å². The highest BCUT2D eigenvalue weighted by atomic mass is 15.1. The Morgan fingerprint density at radius 2 is 2.00 bits per heavy atom. The quantitative estimate of drug-likeness (QED) is 0.829. The summed E-state index contributed by atoms with van der Waals surface area (Å²) in [5, 5.41) is 1.16. The van der Waals surface area contributed by atoms with E-state index < -0.39 is 0 Å². The Balaban J connectivity index is 2.52. The van der Waals surface area contributed by atoms with Gasteiger partial charge in [-0.3, -0.25) is 4.98 Å². The first-order chi connectivity index (χ1) is 9.15. The van der Waals surface area contributed by atoms with E-state index in [4.69, 9.17) is 5.73 Å². The van der Waals surface area contributed by atoms with Crippen molar-refractivity contribution in [2.24, 2.45) is 0 Å². The normalized spacial score (nSPS) is 10.9. The lowest BCUT2D eigenvalue weighted by Crippen LogP contribution is -2.24. The van der Waals surface area contributed by atoms with Crippen LogP contribution in [0.25, 0.3) is 10.9 Å². The Morgan fingerprint density at radius 1 is 1.21 bits per heavy atom. The molecule has 2 N–H and O–H groups in total. The number of nitrogens with two attached hydrogens (primary N) is 1. The van der Waals surface area contributed by atoms with Gasteiger partial charge in [-0.1, -0.05) is 13.3 Å². The van der Waals surface area contributed by atoms with Gasteiger partial charge in [-0.15, -0.1) is 0 Å². The fraction of sp³-hybridized carbons (Fsp3) is 0.438. The Labute approximate surface area is 115 Å². The van der Waals surface area contributed by atoms with Crippen molar-refractivity contribution in [3.05, 3.63) is 30.0 Å². The third-order valence-electron chi connectivity index (χ3n) is 3.44. The van der Waals surface area contributed by atoms with E-state index in [1.807, 2.05) is 25.1 Å². The fourth-order valence-electron chi connectivity index (χ4n) is 2.41. The molecule has 0 bridgehead atoms. The number of aryl methyl sites for hydroxylation is 1. The molecule has 0 radical (unpaired) electrons. The number of unbranched alkanes of at least 4 members (excludes halogenated alkanes) is 1. The number of anilines is 2. The molecule has 0 saturated heterocycles. The predicted octanol–water partition coefficient (Wildman–Crippen LogP) is 3.75. The summed E-state index contributed by atoms with van der Waals surface area (Å²) in [6, 6.07) is 8.13. The summed E-state index contributed by atoms with van der Waals surface area (Å²) >= 11 is 0. The van der Waals surface area contributed by atoms with E-state index in [1.54, 1.807) is 0 Å². The van der Waals surface area contributed by atoms with Gasteiger partial charge in [0.25, 0.3) is 0 Å². The van der Waals surface area contributed by atoms with Crippen molar-refractivity contribution in [3.8, 4) is 0 Å². The van der Waals surface area contributed by atoms with Crippen molar-refractivity contribution in [2.75, 3.05) is 23.7 Å². The van der Waals surface area contributed by atoms with Crippen molar-refractivity contribution in [3.63, 3.8) is 0 Å². The second-order valence-corrected chi connectivity index (χ2v) is 4.99. The molecule has 0 aliphatic carbocycles. The lowest BCUT2D eigenvalue weighted by Gasteiger charge is -2.25. The zero-order valence-electron chi connectivity index (χ0n) is 12.1. The van der Waals surface area contributed by atoms with Crippen molar-refractivity contribution in [1.29, 1.82) is 0 Å². The highest BCUT2D eigenvalue weighted by Crippen LogP contribution is 2.28. The molecule has 3 heteroatoms. The number of aromatic nitrogens is 1. The van der Waals surface area contributed by atoms with E-state index >= 15 is 0 Å². The highest BCUT2D eigenvalue weighted by Gasteiger charge is 2.10. The maximum atomic E-state index is 5.93. The number of pyridine rings is 1. The number of fused-ring (bicyclic) bond motifs is 1. The summed E-state index contributed by atoms with van der Waals surface area (Å²) in [4.78, 5) is 7.01. The van der Waals surface area contributed by atoms with Crippen LogP contribution >= 0.6 is 0 Å². The van der Waals surface area contributed by atoms with E-state index in [0.717, 1.165) is 35.4 Å². The van der Waals surface area contributed by atoms with Crippen LogP contribution in [0.2, 0.25) is 0 Å². The highest BCUT2D eigenvalue weighted by molar-refractivity contribution is 5.94. The van der Waals surface area contributed by atoms with E-state index in [9.17, 15) is 0 Å². The van der Waals surface area contributed by atoms with Crippen LogP contribution in [-0.2, 0) is 0 Å². The average molecular weight is 257 g/mol. The molecule has 0 atom stereocenters. The lowest BCUT2D eigenvalue weighted by atomic mass is 10.1. The summed E-state index contributed by atoms with van der Waals surface area (Å²) in [7, 11) is 0. The maximum absolute atomic E-state index is 5.93. The molecule has 2 rings (SSSR count). The molecule has 19 heavy (non-hydrogen) atoms. The van der Waals surface area contributed by atoms with E-state index in [2.05, 4.69) is 29.8 Å². The van der Waals surface area contributed by atoms with Gasteiger partial charge in [0.2, 0.25) is 0 Å². The lowest BCUT2D eigenvalue weighted by molar-refractivity contribution is 0.733. The number of rotatable bonds is 5. The third-order valence-corrected chi connectivity index (χ3v) is 3.44. The molecular formula is C16H23N3. The average Bonchev–Trinajstić information content (AvgIpc) is 2.40. The van der Waals surface area contributed by atoms with Gasteiger partial charge in [0, 0.05) is 35.5 Å². The van der Waals surface area contributed by atoms with Crippen LogP contribution in [0.15, 0.2) is 24.3 Å². The molecule has 1 heterocycles. The SMILES string of the molecule is CCCCN(CC)c1cc(C)nc2ccc(N)cc12. The number of benzene rings is 1. The van der Waals surface area contributed by atoms with Gasteiger partial charge in [0.05, 0.1) is 5.52 Å². The van der Waals surface area contributed by atoms with Crippen molar-refractivity contribution >= 4 is 22.3 Å². The monoisotopic (exact) mass is 257 g/mol. The first-order valence-corrected chi connectivity index (χ1v) is 7.07. The van der Waals surface area contributed by atoms with Gasteiger partial charge < -0.3 is 10.6 Å². The topological polar surface area (TPSA) is 42.2 Å². The van der Waals surface area contributed by atoms with Crippen molar-refractivity contribution in [2.45, 2.75) is 33.6 Å². The van der Waals surface area contributed by atoms with Crippen LogP contribution in [-0.4, -0.2) is 18.1 Å². The molecule has 0 fully saturated rings. The summed E-state index contributed by atoms with van der Waals surface area (Å²) in [5.74, 6) is 0. The Hall–Kier alpha value is -1.77. The number of nitrogen functional groups attached to an aromatic ring is 1. The smallest absolute Gasteiger partial charge is 0.0727 e. The Bertz CT molecular complexity index is 563. The Morgan fingerprint density at radius 3 is 2.68 bits per heavy atom. The molecule has 3 nitrogen and oxygen atoms in total. The molecule has 102 valence electrons. The zero-order valence-corrected chi connectivity index (χ0v) is 12.1. The molecular weight excluding hydrogens is 234 g/mol. The molecule has 1 aromatic heterocycles. The van der Waals surface area contributed by atoms with Crippen LogP contribution in [0, 0.1) is 6.92 Å². The van der Waals surface area contributed by atoms with Gasteiger partial charge >= 0.3 is 0 Å². The summed E-state index contributed by atoms with van der Waals surface area (Å²) < 4.78 is 0. The van der Waals surface area contributed by atoms with E-state index in [-0.39, 0.29) is 0 Å². The molecule has 0 amide bonds. The van der Waals surface area contributed by atoms with Crippen LogP contribution in [0.4, 0.5) is 11.4 Å². The summed E-state index contributed by atoms with van der Waals surface area (Å²) in [5.41, 5.74) is 10.1. The minimum Gasteiger partial charge on any atom is -0.399 e. The minimum atomic E-state index is 0.797. The van der Waals surface area contributed by atoms with Crippen molar-refractivity contribution < 1.29 is 0 Å². The first-order valence-electron chi connectivity index (χ1n) is 7.07. The van der Waals surface area contributed by atoms with Crippen LogP contribution < -0.4 is 10.6 Å². The molecule has 1 aromatic carbocycles. The van der Waals surface area contributed by atoms with Gasteiger partial charge in [-0.05, 0) is 44.5 Å². The molecule has 0 saturated carbocycles. The summed E-state index contributed by atoms with van der Waals surface area (Å²) in [6.07, 6.45) is 2.42. The van der Waals surface area contributed by atoms with Crippen LogP contribution in [0.1, 0.15) is 32.4 Å². The zero-order chi connectivity index (χ0) is 13.8. The first kappa shape index (κ1) is 13.7. The molecule has 2 aromatic rings. The van der Waals surface area contributed by atoms with Crippen LogP contribution in [0.5, 0.6) is 0 Å². The van der Waals surface area contributed by atoms with E-state index in [1.165, 1.54) is 18.5 Å². The second-order valence-electron chi connectivity index (χ2n) is 4.99. The minimum absolute atomic E-state index is 0.797. The molecule has 0 aliphatic rings. The van der Waals surface area contributed by atoms with Crippen molar-refractivity contribution in [1.82, 2.24) is 4.98 Å². The van der Waals surface area contributed by atoms with E-state index in [0.29, 0.717) is 0 Å². The van der Waals surface area contributed by atoms with Gasteiger partial charge in [0.15, 0.2) is 0 Å². The maximum Gasteiger partial charge on any atom is 0.0727 e. The fourth-order valence-corrected chi connectivity index (χ4v) is 2.41. The standard InChI is InChI=1S/C16H23N3/c1-4-6-9-19(5-2)16-10-12(3)18-15-8-7-13(17)11-14(15)16/h7-8,10-11H,4-6,9,17H2,1-3H3. The third kappa shape index (κ3) is 2.98. The number of hydrogen-bond donors (Lipinski definition) is 1. The number of hydrogen-bond acceptors (Lipinski definition) is 3. The Kier molecular flexibility index (Phi) is 4.25. The summed E-state index contributed by atoms with van der Waals surface area (Å²) in [6.45, 7) is 8.56. The van der Waals surface area contributed by atoms with Gasteiger partial charge in [-0.25, -0.2) is 0 Å². The molecule has 0 aliphatic heterocycles.